The molecule has 0 bridgehead atoms. The van der Waals surface area contributed by atoms with Crippen LogP contribution in [0.5, 0.6) is 17.2 Å². The summed E-state index contributed by atoms with van der Waals surface area (Å²) in [5.74, 6) is 1.92. The summed E-state index contributed by atoms with van der Waals surface area (Å²) in [6.07, 6.45) is 0.747. The van der Waals surface area contributed by atoms with Crippen LogP contribution in [-0.4, -0.2) is 40.1 Å². The van der Waals surface area contributed by atoms with Gasteiger partial charge in [0.15, 0.2) is 11.5 Å². The van der Waals surface area contributed by atoms with Crippen LogP contribution in [0.25, 0.3) is 0 Å². The first-order valence-electron chi connectivity index (χ1n) is 6.42. The van der Waals surface area contributed by atoms with E-state index in [4.69, 9.17) is 24.7 Å². The molecular formula is C14H23NO4. The summed E-state index contributed by atoms with van der Waals surface area (Å²) in [7, 11) is 3.20. The third-order valence-corrected chi connectivity index (χ3v) is 2.73. The second kappa shape index (κ2) is 8.61. The Morgan fingerprint density at radius 2 is 1.79 bits per heavy atom. The lowest BCUT2D eigenvalue weighted by Crippen LogP contribution is -2.25. The largest absolute Gasteiger partial charge is 0.493 e. The monoisotopic (exact) mass is 269 g/mol. The van der Waals surface area contributed by atoms with Gasteiger partial charge in [-0.1, -0.05) is 6.07 Å². The number of hydrogen-bond acceptors (Lipinski definition) is 5. The second-order valence-electron chi connectivity index (χ2n) is 3.94. The highest BCUT2D eigenvalue weighted by Gasteiger charge is 2.12. The maximum Gasteiger partial charge on any atom is 0.203 e. The first-order chi connectivity index (χ1) is 9.26. The maximum atomic E-state index is 5.74. The molecule has 19 heavy (non-hydrogen) atoms. The van der Waals surface area contributed by atoms with Crippen molar-refractivity contribution in [2.45, 2.75) is 19.4 Å². The number of hydrogen-bond donors (Lipinski definition) is 1. The van der Waals surface area contributed by atoms with E-state index < -0.39 is 0 Å². The zero-order chi connectivity index (χ0) is 14.1. The minimum absolute atomic E-state index is 0.0192. The van der Waals surface area contributed by atoms with Crippen molar-refractivity contribution in [3.05, 3.63) is 18.2 Å². The summed E-state index contributed by atoms with van der Waals surface area (Å²) in [4.78, 5) is 0. The van der Waals surface area contributed by atoms with Crippen LogP contribution in [0.1, 0.15) is 13.3 Å². The molecule has 0 aromatic heterocycles. The van der Waals surface area contributed by atoms with E-state index in [2.05, 4.69) is 0 Å². The molecule has 1 atom stereocenters. The molecule has 1 aromatic carbocycles. The number of nitrogens with two attached hydrogens (primary N) is 1. The van der Waals surface area contributed by atoms with E-state index in [1.165, 1.54) is 0 Å². The lowest BCUT2D eigenvalue weighted by molar-refractivity contribution is 0.0521. The molecule has 1 rings (SSSR count). The van der Waals surface area contributed by atoms with Crippen molar-refractivity contribution in [3.8, 4) is 17.2 Å². The van der Waals surface area contributed by atoms with E-state index in [0.29, 0.717) is 37.0 Å². The van der Waals surface area contributed by atoms with Crippen molar-refractivity contribution in [2.24, 2.45) is 5.73 Å². The molecule has 0 saturated carbocycles. The standard InChI is InChI=1S/C14H23NO4/c1-4-18-11(10-15)8-9-19-14-12(16-2)6-5-7-13(14)17-3/h5-7,11H,4,8-10,15H2,1-3H3. The third-order valence-electron chi connectivity index (χ3n) is 2.73. The first kappa shape index (κ1) is 15.6. The summed E-state index contributed by atoms with van der Waals surface area (Å²) >= 11 is 0. The molecule has 0 saturated heterocycles. The summed E-state index contributed by atoms with van der Waals surface area (Å²) in [5.41, 5.74) is 5.62. The third kappa shape index (κ3) is 4.61. The van der Waals surface area contributed by atoms with Crippen LogP contribution in [0.4, 0.5) is 0 Å². The Labute approximate surface area is 114 Å². The van der Waals surface area contributed by atoms with Gasteiger partial charge in [0.25, 0.3) is 0 Å². The van der Waals surface area contributed by atoms with Crippen LogP contribution in [0, 0.1) is 0 Å². The SMILES string of the molecule is CCOC(CN)CCOc1c(OC)cccc1OC. The van der Waals surface area contributed by atoms with Crippen molar-refractivity contribution in [3.63, 3.8) is 0 Å². The summed E-state index contributed by atoms with van der Waals surface area (Å²) in [5, 5.41) is 0. The zero-order valence-corrected chi connectivity index (χ0v) is 11.8. The van der Waals surface area contributed by atoms with E-state index in [1.807, 2.05) is 25.1 Å². The molecule has 0 aliphatic carbocycles. The van der Waals surface area contributed by atoms with Crippen LogP contribution >= 0.6 is 0 Å². The molecule has 0 fully saturated rings. The molecular weight excluding hydrogens is 246 g/mol. The fraction of sp³-hybridized carbons (Fsp3) is 0.571. The van der Waals surface area contributed by atoms with Gasteiger partial charge in [-0.05, 0) is 19.1 Å². The van der Waals surface area contributed by atoms with Gasteiger partial charge in [-0.15, -0.1) is 0 Å². The van der Waals surface area contributed by atoms with Crippen molar-refractivity contribution < 1.29 is 18.9 Å². The summed E-state index contributed by atoms with van der Waals surface area (Å²) in [6.45, 7) is 3.59. The Hall–Kier alpha value is -1.46. The van der Waals surface area contributed by atoms with Crippen molar-refractivity contribution in [2.75, 3.05) is 34.0 Å². The second-order valence-corrected chi connectivity index (χ2v) is 3.94. The van der Waals surface area contributed by atoms with Crippen molar-refractivity contribution in [1.82, 2.24) is 0 Å². The fourth-order valence-electron chi connectivity index (χ4n) is 1.76. The highest BCUT2D eigenvalue weighted by molar-refractivity contribution is 5.51. The molecule has 0 heterocycles. The van der Waals surface area contributed by atoms with E-state index in [1.54, 1.807) is 14.2 Å². The Kier molecular flexibility index (Phi) is 7.07. The molecule has 0 spiro atoms. The van der Waals surface area contributed by atoms with Crippen LogP contribution in [0.3, 0.4) is 0 Å². The number of methoxy groups -OCH3 is 2. The quantitative estimate of drug-likeness (QED) is 0.741. The maximum absolute atomic E-state index is 5.74. The van der Waals surface area contributed by atoms with E-state index in [9.17, 15) is 0 Å². The number of para-hydroxylation sites is 1. The zero-order valence-electron chi connectivity index (χ0n) is 11.8. The van der Waals surface area contributed by atoms with E-state index in [0.717, 1.165) is 6.42 Å². The van der Waals surface area contributed by atoms with Crippen LogP contribution in [-0.2, 0) is 4.74 Å². The highest BCUT2D eigenvalue weighted by Crippen LogP contribution is 2.36. The number of benzene rings is 1. The minimum atomic E-state index is 0.0192. The fourth-order valence-corrected chi connectivity index (χ4v) is 1.76. The van der Waals surface area contributed by atoms with Crippen molar-refractivity contribution >= 4 is 0 Å². The molecule has 1 unspecified atom stereocenters. The van der Waals surface area contributed by atoms with Gasteiger partial charge in [-0.2, -0.15) is 0 Å². The van der Waals surface area contributed by atoms with Gasteiger partial charge in [0.2, 0.25) is 5.75 Å². The van der Waals surface area contributed by atoms with Gasteiger partial charge in [0, 0.05) is 19.6 Å². The Morgan fingerprint density at radius 1 is 1.16 bits per heavy atom. The molecule has 0 aliphatic rings. The Morgan fingerprint density at radius 3 is 2.26 bits per heavy atom. The minimum Gasteiger partial charge on any atom is -0.493 e. The lowest BCUT2D eigenvalue weighted by Gasteiger charge is -2.17. The van der Waals surface area contributed by atoms with Gasteiger partial charge in [0.05, 0.1) is 26.9 Å². The average Bonchev–Trinajstić information content (AvgIpc) is 2.46. The van der Waals surface area contributed by atoms with Gasteiger partial charge in [0.1, 0.15) is 0 Å². The van der Waals surface area contributed by atoms with Gasteiger partial charge in [-0.25, -0.2) is 0 Å². The predicted octanol–water partition coefficient (Wildman–Crippen LogP) is 1.84. The molecule has 0 aliphatic heterocycles. The average molecular weight is 269 g/mol. The Bertz CT molecular complexity index is 348. The van der Waals surface area contributed by atoms with Gasteiger partial charge >= 0.3 is 0 Å². The van der Waals surface area contributed by atoms with Crippen LogP contribution in [0.15, 0.2) is 18.2 Å². The summed E-state index contributed by atoms with van der Waals surface area (Å²) < 4.78 is 21.7. The first-order valence-corrected chi connectivity index (χ1v) is 6.42. The van der Waals surface area contributed by atoms with E-state index >= 15 is 0 Å². The lowest BCUT2D eigenvalue weighted by atomic mass is 10.2. The molecule has 0 radical (unpaired) electrons. The van der Waals surface area contributed by atoms with Gasteiger partial charge in [-0.3, -0.25) is 0 Å². The molecule has 5 heteroatoms. The number of ether oxygens (including phenoxy) is 4. The van der Waals surface area contributed by atoms with Crippen LogP contribution < -0.4 is 19.9 Å². The van der Waals surface area contributed by atoms with Crippen LogP contribution in [0.2, 0.25) is 0 Å². The van der Waals surface area contributed by atoms with Gasteiger partial charge < -0.3 is 24.7 Å². The molecule has 1 aromatic rings. The predicted molar refractivity (Wildman–Crippen MR) is 74.1 cm³/mol. The normalized spacial score (nSPS) is 12.0. The molecule has 5 nitrogen and oxygen atoms in total. The Balaban J connectivity index is 2.61. The highest BCUT2D eigenvalue weighted by atomic mass is 16.5. The summed E-state index contributed by atoms with van der Waals surface area (Å²) in [6, 6.07) is 5.52. The molecule has 0 amide bonds. The molecule has 2 N–H and O–H groups in total. The smallest absolute Gasteiger partial charge is 0.203 e. The topological polar surface area (TPSA) is 62.9 Å². The van der Waals surface area contributed by atoms with E-state index in [-0.39, 0.29) is 6.10 Å². The van der Waals surface area contributed by atoms with Crippen molar-refractivity contribution in [1.29, 1.82) is 0 Å². The number of rotatable bonds is 9. The molecule has 108 valence electrons.